The fourth-order valence-electron chi connectivity index (χ4n) is 12.6. The summed E-state index contributed by atoms with van der Waals surface area (Å²) in [5.41, 5.74) is 0. The molecular formula is C82H160O17P2. The van der Waals surface area contributed by atoms with E-state index in [0.29, 0.717) is 37.5 Å². The van der Waals surface area contributed by atoms with Crippen molar-refractivity contribution in [2.75, 3.05) is 39.6 Å². The summed E-state index contributed by atoms with van der Waals surface area (Å²) in [4.78, 5) is 72.9. The van der Waals surface area contributed by atoms with Gasteiger partial charge in [0, 0.05) is 25.7 Å². The summed E-state index contributed by atoms with van der Waals surface area (Å²) in [7, 11) is -9.92. The normalized spacial score (nSPS) is 14.3. The molecule has 0 aromatic rings. The molecule has 3 unspecified atom stereocenters. The highest BCUT2D eigenvalue weighted by Gasteiger charge is 2.30. The molecule has 0 aromatic heterocycles. The summed E-state index contributed by atoms with van der Waals surface area (Å²) >= 11 is 0. The van der Waals surface area contributed by atoms with Crippen LogP contribution in [0, 0.1) is 23.7 Å². The number of hydrogen-bond donors (Lipinski definition) is 3. The quantitative estimate of drug-likeness (QED) is 0.0222. The van der Waals surface area contributed by atoms with Crippen LogP contribution in [0.15, 0.2) is 0 Å². The Hall–Kier alpha value is -1.94. The van der Waals surface area contributed by atoms with E-state index in [0.717, 1.165) is 115 Å². The van der Waals surface area contributed by atoms with E-state index in [1.165, 1.54) is 212 Å². The molecule has 3 N–H and O–H groups in total. The van der Waals surface area contributed by atoms with Crippen LogP contribution in [0.3, 0.4) is 0 Å². The van der Waals surface area contributed by atoms with Crippen molar-refractivity contribution < 1.29 is 80.2 Å². The SMILES string of the molecule is CCC(C)CCCCCCCCCCCCCCCCCCCCC(=O)O[C@H](COC(=O)CCCCCCCCC(C)C)COP(=O)(O)OC[C@H](O)COP(=O)(O)OC[C@@H](COC(=O)CCCCCCCCC(C)C)OC(=O)CCCCCCCCCCCCCCCCCCCCC(C)C. The first-order chi connectivity index (χ1) is 48.6. The van der Waals surface area contributed by atoms with Gasteiger partial charge >= 0.3 is 39.5 Å². The van der Waals surface area contributed by atoms with Crippen molar-refractivity contribution in [3.05, 3.63) is 0 Å². The molecule has 0 saturated carbocycles. The molecule has 17 nitrogen and oxygen atoms in total. The Kier molecular flexibility index (Phi) is 69.6. The number of carbonyl (C=O) groups excluding carboxylic acids is 4. The van der Waals surface area contributed by atoms with Crippen molar-refractivity contribution in [3.8, 4) is 0 Å². The third-order valence-corrected chi connectivity index (χ3v) is 21.3. The minimum absolute atomic E-state index is 0.107. The van der Waals surface area contributed by atoms with Crippen molar-refractivity contribution in [1.29, 1.82) is 0 Å². The maximum atomic E-state index is 13.1. The molecule has 0 radical (unpaired) electrons. The first kappa shape index (κ1) is 99.1. The van der Waals surface area contributed by atoms with Gasteiger partial charge < -0.3 is 33.8 Å². The van der Waals surface area contributed by atoms with E-state index in [-0.39, 0.29) is 25.7 Å². The Morgan fingerprint density at radius 2 is 0.475 bits per heavy atom. The topological polar surface area (TPSA) is 237 Å². The molecule has 6 atom stereocenters. The van der Waals surface area contributed by atoms with Gasteiger partial charge in [0.2, 0.25) is 0 Å². The van der Waals surface area contributed by atoms with Crippen LogP contribution >= 0.6 is 15.6 Å². The number of hydrogen-bond acceptors (Lipinski definition) is 15. The van der Waals surface area contributed by atoms with E-state index in [4.69, 9.17) is 37.0 Å². The molecule has 0 aliphatic heterocycles. The monoisotopic (exact) mass is 1480 g/mol. The van der Waals surface area contributed by atoms with Gasteiger partial charge in [-0.1, -0.05) is 370 Å². The van der Waals surface area contributed by atoms with Gasteiger partial charge in [-0.05, 0) is 49.4 Å². The Labute approximate surface area is 619 Å². The van der Waals surface area contributed by atoms with E-state index in [1.807, 2.05) is 0 Å². The van der Waals surface area contributed by atoms with Gasteiger partial charge in [0.25, 0.3) is 0 Å². The fraction of sp³-hybridized carbons (Fsp3) is 0.951. The number of rotatable bonds is 79. The lowest BCUT2D eigenvalue weighted by atomic mass is 9.99. The summed E-state index contributed by atoms with van der Waals surface area (Å²) in [6, 6.07) is 0. The largest absolute Gasteiger partial charge is 0.472 e. The summed E-state index contributed by atoms with van der Waals surface area (Å²) in [5, 5.41) is 10.6. The molecule has 0 aliphatic carbocycles. The van der Waals surface area contributed by atoms with Crippen LogP contribution in [0.2, 0.25) is 0 Å². The van der Waals surface area contributed by atoms with E-state index in [9.17, 15) is 43.2 Å². The van der Waals surface area contributed by atoms with Crippen molar-refractivity contribution in [2.45, 2.75) is 440 Å². The molecule has 0 spiro atoms. The first-order valence-corrected chi connectivity index (χ1v) is 45.2. The van der Waals surface area contributed by atoms with Crippen LogP contribution in [0.5, 0.6) is 0 Å². The highest BCUT2D eigenvalue weighted by Crippen LogP contribution is 2.45. The number of phosphoric acid groups is 2. The first-order valence-electron chi connectivity index (χ1n) is 42.2. The second-order valence-corrected chi connectivity index (χ2v) is 34.1. The molecule has 0 fully saturated rings. The zero-order valence-corrected chi connectivity index (χ0v) is 68.3. The van der Waals surface area contributed by atoms with Crippen LogP contribution in [-0.4, -0.2) is 96.7 Å². The average molecular weight is 1480 g/mol. The lowest BCUT2D eigenvalue weighted by Crippen LogP contribution is -2.30. The summed E-state index contributed by atoms with van der Waals surface area (Å²) in [5.74, 6) is 0.931. The Balaban J connectivity index is 5.09. The minimum atomic E-state index is -4.96. The molecule has 19 heteroatoms. The number of aliphatic hydroxyl groups excluding tert-OH is 1. The summed E-state index contributed by atoms with van der Waals surface area (Å²) < 4.78 is 68.6. The Morgan fingerprint density at radius 1 is 0.277 bits per heavy atom. The van der Waals surface area contributed by atoms with Gasteiger partial charge in [-0.3, -0.25) is 37.3 Å². The van der Waals surface area contributed by atoms with Crippen LogP contribution in [0.4, 0.5) is 0 Å². The maximum absolute atomic E-state index is 13.1. The van der Waals surface area contributed by atoms with E-state index in [1.54, 1.807) is 0 Å². The standard InChI is InChI=1S/C82H160O17P2/c1-9-75(8)61-53-45-35-31-27-23-19-15-11-13-17-21-25-29-33-37-49-57-65-82(87)99-78(69-93-80(85)63-55-47-41-39-44-52-60-74(6)7)71-97-101(90,91)95-67-76(83)66-94-100(88,89)96-70-77(68-92-79(84)62-54-46-40-38-43-51-59-73(4)5)98-81(86)64-56-48-36-32-28-24-20-16-12-10-14-18-22-26-30-34-42-50-58-72(2)3/h72-78,83H,9-71H2,1-8H3,(H,88,89)(H,90,91)/t75?,76-,77-,78-/m1/s1. The fourth-order valence-corrected chi connectivity index (χ4v) is 14.2. The van der Waals surface area contributed by atoms with Crippen molar-refractivity contribution in [2.24, 2.45) is 23.7 Å². The van der Waals surface area contributed by atoms with Crippen LogP contribution in [0.25, 0.3) is 0 Å². The van der Waals surface area contributed by atoms with Gasteiger partial charge in [0.15, 0.2) is 12.2 Å². The minimum Gasteiger partial charge on any atom is -0.462 e. The number of phosphoric ester groups is 2. The zero-order valence-electron chi connectivity index (χ0n) is 66.5. The number of carbonyl (C=O) groups is 4. The molecule has 600 valence electrons. The number of aliphatic hydroxyl groups is 1. The van der Waals surface area contributed by atoms with Crippen LogP contribution < -0.4 is 0 Å². The Morgan fingerprint density at radius 3 is 0.703 bits per heavy atom. The molecule has 0 saturated heterocycles. The highest BCUT2D eigenvalue weighted by molar-refractivity contribution is 7.47. The Bertz CT molecular complexity index is 1970. The van der Waals surface area contributed by atoms with Crippen LogP contribution in [0.1, 0.15) is 421 Å². The van der Waals surface area contributed by atoms with E-state index in [2.05, 4.69) is 55.4 Å². The molecule has 0 aliphatic rings. The van der Waals surface area contributed by atoms with Gasteiger partial charge in [-0.2, -0.15) is 0 Å². The van der Waals surface area contributed by atoms with Gasteiger partial charge in [-0.25, -0.2) is 9.13 Å². The second kappa shape index (κ2) is 71.0. The molecule has 0 aromatic carbocycles. The number of unbranched alkanes of at least 4 members (excludes halogenated alkanes) is 44. The predicted octanol–water partition coefficient (Wildman–Crippen LogP) is 24.4. The third kappa shape index (κ3) is 74.7. The number of esters is 4. The van der Waals surface area contributed by atoms with Crippen molar-refractivity contribution in [1.82, 2.24) is 0 Å². The summed E-state index contributed by atoms with van der Waals surface area (Å²) in [6.07, 6.45) is 58.8. The maximum Gasteiger partial charge on any atom is 0.472 e. The van der Waals surface area contributed by atoms with E-state index < -0.39 is 97.5 Å². The number of ether oxygens (including phenoxy) is 4. The molecule has 0 amide bonds. The van der Waals surface area contributed by atoms with Crippen molar-refractivity contribution >= 4 is 39.5 Å². The molecular weight excluding hydrogens is 1320 g/mol. The molecule has 0 bridgehead atoms. The smallest absolute Gasteiger partial charge is 0.462 e. The molecule has 101 heavy (non-hydrogen) atoms. The average Bonchev–Trinajstić information content (AvgIpc) is 0.982. The third-order valence-electron chi connectivity index (χ3n) is 19.4. The van der Waals surface area contributed by atoms with Crippen LogP contribution in [-0.2, 0) is 65.4 Å². The van der Waals surface area contributed by atoms with Gasteiger partial charge in [0.05, 0.1) is 26.4 Å². The second-order valence-electron chi connectivity index (χ2n) is 31.2. The van der Waals surface area contributed by atoms with Gasteiger partial charge in [-0.15, -0.1) is 0 Å². The summed E-state index contributed by atoms with van der Waals surface area (Å²) in [6.45, 7) is 14.2. The molecule has 0 heterocycles. The van der Waals surface area contributed by atoms with Crippen molar-refractivity contribution in [3.63, 3.8) is 0 Å². The van der Waals surface area contributed by atoms with E-state index >= 15 is 0 Å². The molecule has 0 rings (SSSR count). The predicted molar refractivity (Wildman–Crippen MR) is 414 cm³/mol. The van der Waals surface area contributed by atoms with Gasteiger partial charge in [0.1, 0.15) is 19.3 Å². The lowest BCUT2D eigenvalue weighted by molar-refractivity contribution is -0.161. The lowest BCUT2D eigenvalue weighted by Gasteiger charge is -2.21. The zero-order chi connectivity index (χ0) is 74.6. The highest BCUT2D eigenvalue weighted by atomic mass is 31.2.